The maximum absolute atomic E-state index is 12.5. The summed E-state index contributed by atoms with van der Waals surface area (Å²) in [4.78, 5) is 23.4. The van der Waals surface area contributed by atoms with Crippen molar-refractivity contribution in [3.05, 3.63) is 71.8 Å². The second kappa shape index (κ2) is 8.87. The van der Waals surface area contributed by atoms with Gasteiger partial charge in [-0.2, -0.15) is 0 Å². The summed E-state index contributed by atoms with van der Waals surface area (Å²) >= 11 is 0. The van der Waals surface area contributed by atoms with Gasteiger partial charge in [0, 0.05) is 12.5 Å². The highest BCUT2D eigenvalue weighted by molar-refractivity contribution is 5.83. The predicted molar refractivity (Wildman–Crippen MR) is 93.8 cm³/mol. The Bertz CT molecular complexity index is 655. The van der Waals surface area contributed by atoms with Crippen LogP contribution < -0.4 is 5.32 Å². The third-order valence-electron chi connectivity index (χ3n) is 4.07. The Balaban J connectivity index is 2.03. The molecular weight excluding hydrogens is 302 g/mol. The fourth-order valence-corrected chi connectivity index (χ4v) is 2.64. The zero-order valence-electron chi connectivity index (χ0n) is 13.8. The summed E-state index contributed by atoms with van der Waals surface area (Å²) in [6, 6.07) is 19.2. The van der Waals surface area contributed by atoms with Gasteiger partial charge in [0.05, 0.1) is 5.92 Å². The molecule has 2 rings (SSSR count). The van der Waals surface area contributed by atoms with Gasteiger partial charge in [-0.1, -0.05) is 60.7 Å². The van der Waals surface area contributed by atoms with Gasteiger partial charge in [0.25, 0.3) is 0 Å². The van der Waals surface area contributed by atoms with Crippen LogP contribution >= 0.6 is 0 Å². The predicted octanol–water partition coefficient (Wildman–Crippen LogP) is 3.38. The molecule has 0 spiro atoms. The van der Waals surface area contributed by atoms with Crippen LogP contribution in [0.1, 0.15) is 36.8 Å². The molecule has 0 heterocycles. The molecule has 2 N–H and O–H groups in total. The summed E-state index contributed by atoms with van der Waals surface area (Å²) < 4.78 is 0. The van der Waals surface area contributed by atoms with Gasteiger partial charge in [0.15, 0.2) is 0 Å². The maximum atomic E-state index is 12.5. The van der Waals surface area contributed by atoms with Gasteiger partial charge in [-0.05, 0) is 30.9 Å². The van der Waals surface area contributed by atoms with Crippen LogP contribution in [-0.4, -0.2) is 23.0 Å². The topological polar surface area (TPSA) is 66.4 Å². The molecule has 0 saturated heterocycles. The zero-order chi connectivity index (χ0) is 17.4. The standard InChI is InChI=1S/C20H23NO3/c1-15(17-10-6-3-7-11-17)20(24)21-18(12-13-19(22)23)14-16-8-4-2-5-9-16/h2-11,15,18H,12-14H2,1H3,(H,21,24)(H,22,23)/t15-,18?/m1/s1. The van der Waals surface area contributed by atoms with Crippen molar-refractivity contribution >= 4 is 11.9 Å². The fraction of sp³-hybridized carbons (Fsp3) is 0.300. The van der Waals surface area contributed by atoms with Gasteiger partial charge in [-0.3, -0.25) is 9.59 Å². The molecule has 0 fully saturated rings. The fourth-order valence-electron chi connectivity index (χ4n) is 2.64. The number of hydrogen-bond acceptors (Lipinski definition) is 2. The minimum atomic E-state index is -0.849. The van der Waals surface area contributed by atoms with E-state index in [1.165, 1.54) is 0 Å². The first-order valence-electron chi connectivity index (χ1n) is 8.17. The SMILES string of the molecule is C[C@@H](C(=O)NC(CCC(=O)O)Cc1ccccc1)c1ccccc1. The van der Waals surface area contributed by atoms with Gasteiger partial charge < -0.3 is 10.4 Å². The van der Waals surface area contributed by atoms with E-state index in [0.717, 1.165) is 11.1 Å². The molecule has 0 radical (unpaired) electrons. The first-order valence-corrected chi connectivity index (χ1v) is 8.17. The van der Waals surface area contributed by atoms with Crippen LogP contribution in [0.4, 0.5) is 0 Å². The summed E-state index contributed by atoms with van der Waals surface area (Å²) in [5.41, 5.74) is 2.03. The van der Waals surface area contributed by atoms with Gasteiger partial charge in [-0.25, -0.2) is 0 Å². The molecule has 1 unspecified atom stereocenters. The van der Waals surface area contributed by atoms with E-state index in [1.54, 1.807) is 0 Å². The van der Waals surface area contributed by atoms with E-state index < -0.39 is 5.97 Å². The van der Waals surface area contributed by atoms with Crippen molar-refractivity contribution in [2.24, 2.45) is 0 Å². The number of carboxylic acid groups (broad SMARTS) is 1. The highest BCUT2D eigenvalue weighted by atomic mass is 16.4. The zero-order valence-corrected chi connectivity index (χ0v) is 13.8. The van der Waals surface area contributed by atoms with Crippen LogP contribution in [0.15, 0.2) is 60.7 Å². The summed E-state index contributed by atoms with van der Waals surface area (Å²) in [6.45, 7) is 1.86. The Morgan fingerprint density at radius 1 is 1.00 bits per heavy atom. The average molecular weight is 325 g/mol. The summed E-state index contributed by atoms with van der Waals surface area (Å²) in [5, 5.41) is 12.0. The molecule has 2 atom stereocenters. The second-order valence-corrected chi connectivity index (χ2v) is 5.96. The molecule has 0 aliphatic rings. The summed E-state index contributed by atoms with van der Waals surface area (Å²) in [6.07, 6.45) is 1.08. The lowest BCUT2D eigenvalue weighted by Gasteiger charge is -2.21. The molecule has 1 amide bonds. The number of carboxylic acids is 1. The molecule has 0 aliphatic carbocycles. The van der Waals surface area contributed by atoms with E-state index in [9.17, 15) is 9.59 Å². The maximum Gasteiger partial charge on any atom is 0.303 e. The highest BCUT2D eigenvalue weighted by Gasteiger charge is 2.20. The smallest absolute Gasteiger partial charge is 0.303 e. The number of nitrogens with one attached hydrogen (secondary N) is 1. The third kappa shape index (κ3) is 5.54. The molecule has 2 aromatic carbocycles. The molecule has 2 aromatic rings. The molecule has 4 heteroatoms. The molecule has 0 saturated carbocycles. The van der Waals surface area contributed by atoms with Gasteiger partial charge in [-0.15, -0.1) is 0 Å². The lowest BCUT2D eigenvalue weighted by atomic mass is 9.97. The van der Waals surface area contributed by atoms with Crippen molar-refractivity contribution in [3.63, 3.8) is 0 Å². The number of aliphatic carboxylic acids is 1. The van der Waals surface area contributed by atoms with Gasteiger partial charge in [0.2, 0.25) is 5.91 Å². The average Bonchev–Trinajstić information content (AvgIpc) is 2.60. The van der Waals surface area contributed by atoms with E-state index in [0.29, 0.717) is 12.8 Å². The van der Waals surface area contributed by atoms with Crippen molar-refractivity contribution < 1.29 is 14.7 Å². The minimum absolute atomic E-state index is 0.0392. The number of hydrogen-bond donors (Lipinski definition) is 2. The van der Waals surface area contributed by atoms with Crippen LogP contribution in [0, 0.1) is 0 Å². The van der Waals surface area contributed by atoms with Crippen LogP contribution in [0.25, 0.3) is 0 Å². The summed E-state index contributed by atoms with van der Waals surface area (Å²) in [7, 11) is 0. The Labute approximate surface area is 142 Å². The Morgan fingerprint density at radius 3 is 2.17 bits per heavy atom. The van der Waals surface area contributed by atoms with Crippen LogP contribution in [0.3, 0.4) is 0 Å². The van der Waals surface area contributed by atoms with Crippen molar-refractivity contribution in [2.75, 3.05) is 0 Å². The lowest BCUT2D eigenvalue weighted by molar-refractivity contribution is -0.137. The molecule has 0 aliphatic heterocycles. The first kappa shape index (κ1) is 17.7. The highest BCUT2D eigenvalue weighted by Crippen LogP contribution is 2.16. The van der Waals surface area contributed by atoms with Crippen molar-refractivity contribution in [2.45, 2.75) is 38.1 Å². The molecule has 0 bridgehead atoms. The number of rotatable bonds is 8. The van der Waals surface area contributed by atoms with E-state index in [2.05, 4.69) is 5.32 Å². The summed E-state index contributed by atoms with van der Waals surface area (Å²) in [5.74, 6) is -1.19. The Morgan fingerprint density at radius 2 is 1.58 bits per heavy atom. The second-order valence-electron chi connectivity index (χ2n) is 5.96. The Kier molecular flexibility index (Phi) is 6.55. The number of carbonyl (C=O) groups excluding carboxylic acids is 1. The normalized spacial score (nSPS) is 13.0. The van der Waals surface area contributed by atoms with Crippen molar-refractivity contribution in [1.82, 2.24) is 5.32 Å². The van der Waals surface area contributed by atoms with E-state index >= 15 is 0 Å². The number of amides is 1. The monoisotopic (exact) mass is 325 g/mol. The van der Waals surface area contributed by atoms with Crippen molar-refractivity contribution in [3.8, 4) is 0 Å². The third-order valence-corrected chi connectivity index (χ3v) is 4.07. The molecular formula is C20H23NO3. The molecule has 24 heavy (non-hydrogen) atoms. The minimum Gasteiger partial charge on any atom is -0.481 e. The quantitative estimate of drug-likeness (QED) is 0.782. The lowest BCUT2D eigenvalue weighted by Crippen LogP contribution is -2.39. The van der Waals surface area contributed by atoms with Crippen molar-refractivity contribution in [1.29, 1.82) is 0 Å². The molecule has 126 valence electrons. The van der Waals surface area contributed by atoms with Crippen LogP contribution in [0.2, 0.25) is 0 Å². The Hall–Kier alpha value is -2.62. The van der Waals surface area contributed by atoms with E-state index in [1.807, 2.05) is 67.6 Å². The van der Waals surface area contributed by atoms with Crippen LogP contribution in [0.5, 0.6) is 0 Å². The number of benzene rings is 2. The van der Waals surface area contributed by atoms with Crippen LogP contribution in [-0.2, 0) is 16.0 Å². The van der Waals surface area contributed by atoms with Gasteiger partial charge >= 0.3 is 5.97 Å². The number of carbonyl (C=O) groups is 2. The van der Waals surface area contributed by atoms with E-state index in [-0.39, 0.29) is 24.3 Å². The molecule has 0 aromatic heterocycles. The largest absolute Gasteiger partial charge is 0.481 e. The first-order chi connectivity index (χ1) is 11.6. The molecule has 4 nitrogen and oxygen atoms in total. The van der Waals surface area contributed by atoms with Gasteiger partial charge in [0.1, 0.15) is 0 Å². The van der Waals surface area contributed by atoms with E-state index in [4.69, 9.17) is 5.11 Å².